The number of benzene rings is 1. The van der Waals surface area contributed by atoms with Gasteiger partial charge in [0, 0.05) is 62.1 Å². The number of carbonyl (C=O) groups is 2. The van der Waals surface area contributed by atoms with Gasteiger partial charge in [-0.1, -0.05) is 6.07 Å². The number of rotatable bonds is 6. The van der Waals surface area contributed by atoms with Gasteiger partial charge in [0.1, 0.15) is 0 Å². The Kier molecular flexibility index (Phi) is 7.97. The number of piperazine rings is 1. The first-order valence-corrected chi connectivity index (χ1v) is 12.4. The van der Waals surface area contributed by atoms with Gasteiger partial charge in [0.25, 0.3) is 0 Å². The number of aryl methyl sites for hydroxylation is 1. The highest BCUT2D eigenvalue weighted by atomic mass is 32.1. The Hall–Kier alpha value is -2.46. The number of likely N-dealkylation sites (N-methyl/N-ethyl adjacent to an activating group) is 1. The van der Waals surface area contributed by atoms with Gasteiger partial charge >= 0.3 is 11.8 Å². The minimum Gasteiger partial charge on any atom is -0.379 e. The molecule has 2 aromatic rings. The van der Waals surface area contributed by atoms with Crippen LogP contribution in [-0.2, 0) is 14.3 Å². The van der Waals surface area contributed by atoms with Crippen molar-refractivity contribution >= 4 is 34.5 Å². The van der Waals surface area contributed by atoms with Crippen LogP contribution in [0.3, 0.4) is 0 Å². The molecule has 2 N–H and O–H groups in total. The van der Waals surface area contributed by atoms with Gasteiger partial charge in [0.05, 0.1) is 19.3 Å². The van der Waals surface area contributed by atoms with E-state index in [1.165, 1.54) is 4.88 Å². The maximum Gasteiger partial charge on any atom is 0.313 e. The molecule has 0 aliphatic carbocycles. The summed E-state index contributed by atoms with van der Waals surface area (Å²) < 4.78 is 5.47. The Morgan fingerprint density at radius 1 is 1.06 bits per heavy atom. The van der Waals surface area contributed by atoms with Crippen molar-refractivity contribution in [3.63, 3.8) is 0 Å². The summed E-state index contributed by atoms with van der Waals surface area (Å²) in [5, 5.41) is 7.65. The predicted octanol–water partition coefficient (Wildman–Crippen LogP) is 1.94. The topological polar surface area (TPSA) is 77.1 Å². The number of hydrogen-bond acceptors (Lipinski definition) is 7. The Labute approximate surface area is 199 Å². The molecule has 1 aromatic heterocycles. The first-order chi connectivity index (χ1) is 16.0. The quantitative estimate of drug-likeness (QED) is 0.627. The fourth-order valence-corrected chi connectivity index (χ4v) is 5.14. The number of morpholine rings is 1. The maximum absolute atomic E-state index is 12.6. The van der Waals surface area contributed by atoms with E-state index in [0.717, 1.165) is 50.5 Å². The molecule has 4 rings (SSSR count). The SMILES string of the molecule is Cc1cc(N2CCN(C)CC2)ccc1NC(=O)C(=O)NCC(c1cccs1)N1CCOCC1. The lowest BCUT2D eigenvalue weighted by molar-refractivity contribution is -0.136. The van der Waals surface area contributed by atoms with E-state index in [-0.39, 0.29) is 6.04 Å². The van der Waals surface area contributed by atoms with Crippen molar-refractivity contribution in [3.05, 3.63) is 46.2 Å². The van der Waals surface area contributed by atoms with E-state index in [1.807, 2.05) is 30.5 Å². The number of nitrogens with zero attached hydrogens (tertiary/aromatic N) is 3. The van der Waals surface area contributed by atoms with Gasteiger partial charge in [0.2, 0.25) is 0 Å². The third-order valence-electron chi connectivity index (χ3n) is 6.35. The molecule has 2 saturated heterocycles. The van der Waals surface area contributed by atoms with E-state index in [0.29, 0.717) is 25.4 Å². The number of anilines is 2. The Balaban J connectivity index is 1.33. The zero-order valence-corrected chi connectivity index (χ0v) is 20.2. The third-order valence-corrected chi connectivity index (χ3v) is 7.32. The molecule has 3 heterocycles. The smallest absolute Gasteiger partial charge is 0.313 e. The average molecular weight is 472 g/mol. The summed E-state index contributed by atoms with van der Waals surface area (Å²) in [6.45, 7) is 9.36. The van der Waals surface area contributed by atoms with E-state index in [4.69, 9.17) is 4.74 Å². The molecular weight excluding hydrogens is 438 g/mol. The lowest BCUT2D eigenvalue weighted by Crippen LogP contribution is -2.45. The Bertz CT molecular complexity index is 938. The second kappa shape index (κ2) is 11.1. The van der Waals surface area contributed by atoms with E-state index in [1.54, 1.807) is 11.3 Å². The van der Waals surface area contributed by atoms with Crippen LogP contribution in [0, 0.1) is 6.92 Å². The largest absolute Gasteiger partial charge is 0.379 e. The first-order valence-electron chi connectivity index (χ1n) is 11.5. The molecule has 1 aromatic carbocycles. The van der Waals surface area contributed by atoms with E-state index in [9.17, 15) is 9.59 Å². The molecule has 1 unspecified atom stereocenters. The lowest BCUT2D eigenvalue weighted by Gasteiger charge is -2.34. The van der Waals surface area contributed by atoms with Crippen LogP contribution in [0.2, 0.25) is 0 Å². The lowest BCUT2D eigenvalue weighted by atomic mass is 10.1. The maximum atomic E-state index is 12.6. The molecular formula is C24H33N5O3S. The van der Waals surface area contributed by atoms with Gasteiger partial charge in [-0.05, 0) is 49.2 Å². The highest BCUT2D eigenvalue weighted by molar-refractivity contribution is 7.10. The van der Waals surface area contributed by atoms with Gasteiger partial charge in [-0.2, -0.15) is 0 Å². The van der Waals surface area contributed by atoms with E-state index >= 15 is 0 Å². The number of amides is 2. The van der Waals surface area contributed by atoms with Crippen molar-refractivity contribution < 1.29 is 14.3 Å². The molecule has 0 spiro atoms. The fraction of sp³-hybridized carbons (Fsp3) is 0.500. The number of ether oxygens (including phenoxy) is 1. The van der Waals surface area contributed by atoms with Crippen LogP contribution in [-0.4, -0.2) is 87.7 Å². The number of thiophene rings is 1. The summed E-state index contributed by atoms with van der Waals surface area (Å²) in [6, 6.07) is 10.1. The van der Waals surface area contributed by atoms with Gasteiger partial charge < -0.3 is 25.2 Å². The minimum absolute atomic E-state index is 0.0373. The van der Waals surface area contributed by atoms with Crippen molar-refractivity contribution in [2.24, 2.45) is 0 Å². The average Bonchev–Trinajstić information content (AvgIpc) is 3.36. The molecule has 2 amide bonds. The van der Waals surface area contributed by atoms with Gasteiger partial charge in [-0.25, -0.2) is 0 Å². The summed E-state index contributed by atoms with van der Waals surface area (Å²) in [5.74, 6) is -1.26. The van der Waals surface area contributed by atoms with Crippen molar-refractivity contribution in [1.82, 2.24) is 15.1 Å². The van der Waals surface area contributed by atoms with Crippen molar-refractivity contribution in [2.75, 3.05) is 76.3 Å². The van der Waals surface area contributed by atoms with E-state index in [2.05, 4.69) is 44.5 Å². The molecule has 33 heavy (non-hydrogen) atoms. The second-order valence-corrected chi connectivity index (χ2v) is 9.61. The second-order valence-electron chi connectivity index (χ2n) is 8.63. The molecule has 178 valence electrons. The Morgan fingerprint density at radius 3 is 2.48 bits per heavy atom. The van der Waals surface area contributed by atoms with Crippen molar-refractivity contribution in [3.8, 4) is 0 Å². The standard InChI is InChI=1S/C24H33N5O3S/c1-18-16-19(28-9-7-27(2)8-10-28)5-6-20(18)26-24(31)23(30)25-17-21(22-4-3-15-33-22)29-11-13-32-14-12-29/h3-6,15-16,21H,7-14,17H2,1-2H3,(H,25,30)(H,26,31). The molecule has 2 aliphatic heterocycles. The summed E-state index contributed by atoms with van der Waals surface area (Å²) >= 11 is 1.66. The monoisotopic (exact) mass is 471 g/mol. The molecule has 0 bridgehead atoms. The Morgan fingerprint density at radius 2 is 1.82 bits per heavy atom. The van der Waals surface area contributed by atoms with Gasteiger partial charge in [-0.3, -0.25) is 14.5 Å². The van der Waals surface area contributed by atoms with Crippen LogP contribution in [0.25, 0.3) is 0 Å². The molecule has 0 radical (unpaired) electrons. The molecule has 9 heteroatoms. The third kappa shape index (κ3) is 6.11. The zero-order valence-electron chi connectivity index (χ0n) is 19.4. The summed E-state index contributed by atoms with van der Waals surface area (Å²) in [7, 11) is 2.13. The molecule has 8 nitrogen and oxygen atoms in total. The fourth-order valence-electron chi connectivity index (χ4n) is 4.28. The minimum atomic E-state index is -0.641. The van der Waals surface area contributed by atoms with Crippen LogP contribution in [0.5, 0.6) is 0 Å². The predicted molar refractivity (Wildman–Crippen MR) is 132 cm³/mol. The van der Waals surface area contributed by atoms with Crippen LogP contribution >= 0.6 is 11.3 Å². The molecule has 2 fully saturated rings. The highest BCUT2D eigenvalue weighted by Crippen LogP contribution is 2.26. The van der Waals surface area contributed by atoms with Crippen LogP contribution in [0.15, 0.2) is 35.7 Å². The number of nitrogens with one attached hydrogen (secondary N) is 2. The molecule has 0 saturated carbocycles. The summed E-state index contributed by atoms with van der Waals surface area (Å²) in [6.07, 6.45) is 0. The van der Waals surface area contributed by atoms with Crippen LogP contribution < -0.4 is 15.5 Å². The molecule has 2 aliphatic rings. The summed E-state index contributed by atoms with van der Waals surface area (Å²) in [4.78, 5) is 33.3. The normalized spacial score (nSPS) is 18.7. The van der Waals surface area contributed by atoms with Gasteiger partial charge in [0.15, 0.2) is 0 Å². The first kappa shape index (κ1) is 23.7. The highest BCUT2D eigenvalue weighted by Gasteiger charge is 2.25. The summed E-state index contributed by atoms with van der Waals surface area (Å²) in [5.41, 5.74) is 2.75. The van der Waals surface area contributed by atoms with Crippen LogP contribution in [0.4, 0.5) is 11.4 Å². The number of carbonyl (C=O) groups excluding carboxylic acids is 2. The molecule has 1 atom stereocenters. The van der Waals surface area contributed by atoms with Crippen LogP contribution in [0.1, 0.15) is 16.5 Å². The van der Waals surface area contributed by atoms with Crippen molar-refractivity contribution in [1.29, 1.82) is 0 Å². The van der Waals surface area contributed by atoms with E-state index < -0.39 is 11.8 Å². The van der Waals surface area contributed by atoms with Gasteiger partial charge in [-0.15, -0.1) is 11.3 Å². The van der Waals surface area contributed by atoms with Crippen molar-refractivity contribution in [2.45, 2.75) is 13.0 Å². The number of hydrogen-bond donors (Lipinski definition) is 2. The zero-order chi connectivity index (χ0) is 23.2.